The van der Waals surface area contributed by atoms with Gasteiger partial charge in [-0.25, -0.2) is 4.79 Å². The van der Waals surface area contributed by atoms with Gasteiger partial charge in [-0.3, -0.25) is 0 Å². The lowest BCUT2D eigenvalue weighted by atomic mass is 9.92. The van der Waals surface area contributed by atoms with Gasteiger partial charge in [-0.2, -0.15) is 0 Å². The van der Waals surface area contributed by atoms with E-state index in [0.717, 1.165) is 12.0 Å². The highest BCUT2D eigenvalue weighted by molar-refractivity contribution is 5.68. The Morgan fingerprint density at radius 3 is 2.95 bits per heavy atom. The number of amides is 1. The van der Waals surface area contributed by atoms with Crippen LogP contribution in [0.15, 0.2) is 30.3 Å². The zero-order valence-corrected chi connectivity index (χ0v) is 11.3. The van der Waals surface area contributed by atoms with E-state index < -0.39 is 5.60 Å². The molecule has 0 radical (unpaired) electrons. The van der Waals surface area contributed by atoms with Gasteiger partial charge in [-0.15, -0.1) is 0 Å². The molecule has 0 aromatic heterocycles. The Bertz CT molecular complexity index is 478. The molecular formula is C15H19NO4. The number of fused-ring (bicyclic) bond motifs is 1. The van der Waals surface area contributed by atoms with Gasteiger partial charge in [-0.1, -0.05) is 30.3 Å². The number of nitrogens with zero attached hydrogens (tertiary/aromatic N) is 1. The number of rotatable bonds is 3. The van der Waals surface area contributed by atoms with Crippen molar-refractivity contribution in [3.8, 4) is 0 Å². The Kier molecular flexibility index (Phi) is 3.63. The highest BCUT2D eigenvalue weighted by Crippen LogP contribution is 2.38. The van der Waals surface area contributed by atoms with Crippen LogP contribution in [0.3, 0.4) is 0 Å². The van der Waals surface area contributed by atoms with Crippen LogP contribution >= 0.6 is 0 Å². The molecule has 5 heteroatoms. The second-order valence-electron chi connectivity index (χ2n) is 5.48. The van der Waals surface area contributed by atoms with Crippen molar-refractivity contribution in [3.63, 3.8) is 0 Å². The molecule has 2 saturated heterocycles. The first-order chi connectivity index (χ1) is 9.73. The number of benzene rings is 1. The van der Waals surface area contributed by atoms with Gasteiger partial charge in [0.2, 0.25) is 0 Å². The minimum absolute atomic E-state index is 0.0415. The lowest BCUT2D eigenvalue weighted by Crippen LogP contribution is -2.41. The summed E-state index contributed by atoms with van der Waals surface area (Å²) in [5, 5.41) is 9.53. The van der Waals surface area contributed by atoms with Crippen molar-refractivity contribution < 1.29 is 19.4 Å². The van der Waals surface area contributed by atoms with E-state index in [2.05, 4.69) is 0 Å². The van der Waals surface area contributed by atoms with Gasteiger partial charge in [0.05, 0.1) is 13.2 Å². The fourth-order valence-electron chi connectivity index (χ4n) is 3.05. The maximum Gasteiger partial charge on any atom is 0.410 e. The van der Waals surface area contributed by atoms with Gasteiger partial charge >= 0.3 is 6.09 Å². The predicted octanol–water partition coefficient (Wildman–Crippen LogP) is 1.41. The van der Waals surface area contributed by atoms with Crippen LogP contribution in [0.1, 0.15) is 12.0 Å². The molecule has 2 heterocycles. The third-order valence-electron chi connectivity index (χ3n) is 4.23. The van der Waals surface area contributed by atoms with Crippen LogP contribution in [-0.2, 0) is 16.1 Å². The van der Waals surface area contributed by atoms with E-state index in [1.165, 1.54) is 0 Å². The van der Waals surface area contributed by atoms with Gasteiger partial charge in [0, 0.05) is 19.1 Å². The molecule has 108 valence electrons. The number of hydrogen-bond donors (Lipinski definition) is 1. The van der Waals surface area contributed by atoms with E-state index >= 15 is 0 Å². The van der Waals surface area contributed by atoms with Crippen LogP contribution < -0.4 is 0 Å². The Labute approximate surface area is 118 Å². The molecule has 3 rings (SSSR count). The summed E-state index contributed by atoms with van der Waals surface area (Å²) in [4.78, 5) is 13.7. The van der Waals surface area contributed by atoms with Gasteiger partial charge in [-0.05, 0) is 12.0 Å². The summed E-state index contributed by atoms with van der Waals surface area (Å²) >= 11 is 0. The van der Waals surface area contributed by atoms with E-state index in [-0.39, 0.29) is 25.2 Å². The number of aliphatic hydroxyl groups excluding tert-OH is 1. The van der Waals surface area contributed by atoms with E-state index in [1.54, 1.807) is 4.90 Å². The first-order valence-electron chi connectivity index (χ1n) is 6.94. The molecule has 5 nitrogen and oxygen atoms in total. The van der Waals surface area contributed by atoms with Crippen LogP contribution in [0.5, 0.6) is 0 Å². The fourth-order valence-corrected chi connectivity index (χ4v) is 3.05. The molecule has 0 saturated carbocycles. The molecule has 0 aliphatic carbocycles. The van der Waals surface area contributed by atoms with Crippen molar-refractivity contribution in [2.24, 2.45) is 5.92 Å². The SMILES string of the molecule is O=C(OCc1ccccc1)N1C[C@H]2CCO[C@@]2(CO)C1. The molecule has 0 bridgehead atoms. The maximum absolute atomic E-state index is 12.1. The van der Waals surface area contributed by atoms with E-state index in [1.807, 2.05) is 30.3 Å². The van der Waals surface area contributed by atoms with Crippen molar-refractivity contribution in [2.75, 3.05) is 26.3 Å². The van der Waals surface area contributed by atoms with Crippen molar-refractivity contribution in [2.45, 2.75) is 18.6 Å². The zero-order valence-electron chi connectivity index (χ0n) is 11.3. The summed E-state index contributed by atoms with van der Waals surface area (Å²) in [6.45, 7) is 1.92. The predicted molar refractivity (Wildman–Crippen MR) is 72.1 cm³/mol. The van der Waals surface area contributed by atoms with Gasteiger partial charge in [0.15, 0.2) is 0 Å². The average Bonchev–Trinajstić information content (AvgIpc) is 3.03. The van der Waals surface area contributed by atoms with E-state index in [4.69, 9.17) is 9.47 Å². The summed E-state index contributed by atoms with van der Waals surface area (Å²) in [6.07, 6.45) is 0.558. The number of likely N-dealkylation sites (tertiary alicyclic amines) is 1. The molecule has 20 heavy (non-hydrogen) atoms. The smallest absolute Gasteiger partial charge is 0.410 e. The monoisotopic (exact) mass is 277 g/mol. The second kappa shape index (κ2) is 5.42. The van der Waals surface area contributed by atoms with Crippen LogP contribution in [0.25, 0.3) is 0 Å². The van der Waals surface area contributed by atoms with Crippen molar-refractivity contribution in [3.05, 3.63) is 35.9 Å². The molecule has 1 amide bonds. The van der Waals surface area contributed by atoms with Gasteiger partial charge in [0.25, 0.3) is 0 Å². The second-order valence-corrected chi connectivity index (χ2v) is 5.48. The van der Waals surface area contributed by atoms with Crippen LogP contribution in [0.2, 0.25) is 0 Å². The summed E-state index contributed by atoms with van der Waals surface area (Å²) in [6, 6.07) is 9.60. The quantitative estimate of drug-likeness (QED) is 0.907. The maximum atomic E-state index is 12.1. The number of hydrogen-bond acceptors (Lipinski definition) is 4. The highest BCUT2D eigenvalue weighted by atomic mass is 16.6. The molecule has 1 aromatic carbocycles. The van der Waals surface area contributed by atoms with Crippen molar-refractivity contribution in [1.82, 2.24) is 4.90 Å². The first kappa shape index (κ1) is 13.4. The molecule has 2 aliphatic heterocycles. The number of aliphatic hydroxyl groups is 1. The van der Waals surface area contributed by atoms with Gasteiger partial charge < -0.3 is 19.5 Å². The number of carbonyl (C=O) groups excluding carboxylic acids is 1. The molecular weight excluding hydrogens is 258 g/mol. The van der Waals surface area contributed by atoms with E-state index in [9.17, 15) is 9.90 Å². The zero-order chi connectivity index (χ0) is 14.0. The van der Waals surface area contributed by atoms with Crippen LogP contribution in [0.4, 0.5) is 4.79 Å². The summed E-state index contributed by atoms with van der Waals surface area (Å²) < 4.78 is 11.0. The van der Waals surface area contributed by atoms with Crippen molar-refractivity contribution in [1.29, 1.82) is 0 Å². The molecule has 0 spiro atoms. The lowest BCUT2D eigenvalue weighted by Gasteiger charge is -2.25. The molecule has 2 fully saturated rings. The normalized spacial score (nSPS) is 28.4. The molecule has 1 N–H and O–H groups in total. The Morgan fingerprint density at radius 1 is 1.45 bits per heavy atom. The molecule has 2 atom stereocenters. The summed E-state index contributed by atoms with van der Waals surface area (Å²) in [7, 11) is 0. The molecule has 1 aromatic rings. The molecule has 2 aliphatic rings. The summed E-state index contributed by atoms with van der Waals surface area (Å²) in [5.74, 6) is 0.219. The van der Waals surface area contributed by atoms with Crippen LogP contribution in [0, 0.1) is 5.92 Å². The fraction of sp³-hybridized carbons (Fsp3) is 0.533. The topological polar surface area (TPSA) is 59.0 Å². The molecule has 0 unspecified atom stereocenters. The van der Waals surface area contributed by atoms with E-state index in [0.29, 0.717) is 19.7 Å². The van der Waals surface area contributed by atoms with Crippen LogP contribution in [-0.4, -0.2) is 48.0 Å². The Balaban J connectivity index is 1.57. The summed E-state index contributed by atoms with van der Waals surface area (Å²) in [5.41, 5.74) is 0.402. The third-order valence-corrected chi connectivity index (χ3v) is 4.23. The third kappa shape index (κ3) is 2.39. The number of ether oxygens (including phenoxy) is 2. The number of carbonyl (C=O) groups is 1. The lowest BCUT2D eigenvalue weighted by molar-refractivity contribution is -0.0456. The average molecular weight is 277 g/mol. The van der Waals surface area contributed by atoms with Gasteiger partial charge in [0.1, 0.15) is 12.2 Å². The Hall–Kier alpha value is -1.59. The standard InChI is InChI=1S/C15H19NO4/c17-11-15-10-16(8-13(15)6-7-20-15)14(18)19-9-12-4-2-1-3-5-12/h1-5,13,17H,6-11H2/t13-,15-/m1/s1. The Morgan fingerprint density at radius 2 is 2.25 bits per heavy atom. The minimum atomic E-state index is -0.564. The van der Waals surface area contributed by atoms with Crippen molar-refractivity contribution >= 4 is 6.09 Å². The minimum Gasteiger partial charge on any atom is -0.445 e. The largest absolute Gasteiger partial charge is 0.445 e. The highest BCUT2D eigenvalue weighted by Gasteiger charge is 2.52. The first-order valence-corrected chi connectivity index (χ1v) is 6.94.